The summed E-state index contributed by atoms with van der Waals surface area (Å²) in [5.74, 6) is -1.77. The van der Waals surface area contributed by atoms with E-state index in [2.05, 4.69) is 9.80 Å². The molecule has 1 aliphatic carbocycles. The molecule has 2 aromatic carbocycles. The van der Waals surface area contributed by atoms with Gasteiger partial charge < -0.3 is 10.6 Å². The van der Waals surface area contributed by atoms with Gasteiger partial charge in [-0.1, -0.05) is 30.3 Å². The van der Waals surface area contributed by atoms with Crippen molar-refractivity contribution < 1.29 is 26.4 Å². The van der Waals surface area contributed by atoms with E-state index in [1.165, 1.54) is 12.1 Å². The highest BCUT2D eigenvalue weighted by molar-refractivity contribution is 7.90. The average molecular weight is 524 g/mol. The molecule has 36 heavy (non-hydrogen) atoms. The number of nitrogens with zero attached hydrogens (tertiary/aromatic N) is 2. The maximum atomic E-state index is 13.1. The van der Waals surface area contributed by atoms with Crippen molar-refractivity contribution in [2.45, 2.75) is 42.8 Å². The Bertz CT molecular complexity index is 1180. The molecule has 1 saturated heterocycles. The maximum Gasteiger partial charge on any atom is 0.391 e. The van der Waals surface area contributed by atoms with E-state index in [0.29, 0.717) is 38.2 Å². The number of sulfone groups is 1. The lowest BCUT2D eigenvalue weighted by Gasteiger charge is -2.45. The molecule has 6 nitrogen and oxygen atoms in total. The number of piperazine rings is 1. The average Bonchev–Trinajstić information content (AvgIpc) is 2.83. The van der Waals surface area contributed by atoms with E-state index in [1.54, 1.807) is 6.07 Å². The number of hydrogen-bond donors (Lipinski definition) is 1. The summed E-state index contributed by atoms with van der Waals surface area (Å²) >= 11 is 0. The number of carbonyl (C=O) groups is 1. The number of rotatable bonds is 6. The zero-order chi connectivity index (χ0) is 26.1. The lowest BCUT2D eigenvalue weighted by molar-refractivity contribution is -0.184. The highest BCUT2D eigenvalue weighted by atomic mass is 32.2. The Hall–Kier alpha value is -2.59. The Kier molecular flexibility index (Phi) is 7.66. The number of benzene rings is 2. The Labute approximate surface area is 210 Å². The second-order valence-electron chi connectivity index (χ2n) is 9.94. The van der Waals surface area contributed by atoms with E-state index in [4.69, 9.17) is 5.73 Å². The summed E-state index contributed by atoms with van der Waals surface area (Å²) < 4.78 is 64.0. The number of hydrogen-bond acceptors (Lipinski definition) is 5. The highest BCUT2D eigenvalue weighted by Gasteiger charge is 2.42. The van der Waals surface area contributed by atoms with Crippen molar-refractivity contribution in [2.75, 3.05) is 37.3 Å². The van der Waals surface area contributed by atoms with Gasteiger partial charge in [-0.3, -0.25) is 9.69 Å². The fourth-order valence-corrected chi connectivity index (χ4v) is 6.39. The van der Waals surface area contributed by atoms with Gasteiger partial charge in [0.05, 0.1) is 22.4 Å². The highest BCUT2D eigenvalue weighted by Crippen LogP contribution is 2.40. The van der Waals surface area contributed by atoms with Crippen LogP contribution in [0, 0.1) is 11.8 Å². The van der Waals surface area contributed by atoms with E-state index in [9.17, 15) is 26.4 Å². The Morgan fingerprint density at radius 1 is 1.03 bits per heavy atom. The van der Waals surface area contributed by atoms with Crippen LogP contribution in [0.25, 0.3) is 0 Å². The fourth-order valence-electron chi connectivity index (χ4n) is 5.49. The topological polar surface area (TPSA) is 83.7 Å². The van der Waals surface area contributed by atoms with Crippen molar-refractivity contribution in [1.82, 2.24) is 4.90 Å². The Morgan fingerprint density at radius 2 is 1.69 bits per heavy atom. The maximum absolute atomic E-state index is 13.1. The summed E-state index contributed by atoms with van der Waals surface area (Å²) in [6.07, 6.45) is -1.56. The first-order valence-corrected chi connectivity index (χ1v) is 14.1. The quantitative estimate of drug-likeness (QED) is 0.606. The number of halogens is 3. The van der Waals surface area contributed by atoms with Gasteiger partial charge in [-0.25, -0.2) is 8.42 Å². The van der Waals surface area contributed by atoms with Gasteiger partial charge in [-0.05, 0) is 55.4 Å². The van der Waals surface area contributed by atoms with Crippen LogP contribution < -0.4 is 10.6 Å². The molecule has 0 aromatic heterocycles. The number of primary amides is 1. The van der Waals surface area contributed by atoms with Crippen LogP contribution in [0.2, 0.25) is 0 Å². The molecule has 196 valence electrons. The van der Waals surface area contributed by atoms with E-state index >= 15 is 0 Å². The molecule has 0 radical (unpaired) electrons. The third-order valence-electron chi connectivity index (χ3n) is 7.47. The lowest BCUT2D eigenvalue weighted by atomic mass is 9.81. The minimum absolute atomic E-state index is 0.00205. The predicted octanol–water partition coefficient (Wildman–Crippen LogP) is 4.42. The van der Waals surface area contributed by atoms with Gasteiger partial charge in [0.15, 0.2) is 9.84 Å². The summed E-state index contributed by atoms with van der Waals surface area (Å²) in [7, 11) is -3.67. The van der Waals surface area contributed by atoms with E-state index in [-0.39, 0.29) is 35.3 Å². The van der Waals surface area contributed by atoms with Crippen LogP contribution >= 0.6 is 0 Å². The van der Waals surface area contributed by atoms with Gasteiger partial charge in [0, 0.05) is 38.1 Å². The smallest absolute Gasteiger partial charge is 0.368 e. The molecule has 2 fully saturated rings. The first kappa shape index (κ1) is 26.5. The molecular formula is C26H32F3N3O3S. The minimum atomic E-state index is -4.11. The van der Waals surface area contributed by atoms with Crippen molar-refractivity contribution in [3.8, 4) is 0 Å². The van der Waals surface area contributed by atoms with Gasteiger partial charge >= 0.3 is 6.18 Å². The predicted molar refractivity (Wildman–Crippen MR) is 133 cm³/mol. The molecule has 1 atom stereocenters. The van der Waals surface area contributed by atoms with Crippen LogP contribution in [-0.4, -0.2) is 57.8 Å². The second kappa shape index (κ2) is 10.4. The summed E-state index contributed by atoms with van der Waals surface area (Å²) in [5, 5.41) is 0. The van der Waals surface area contributed by atoms with E-state index < -0.39 is 27.8 Å². The van der Waals surface area contributed by atoms with Gasteiger partial charge in [0.1, 0.15) is 0 Å². The first-order valence-electron chi connectivity index (χ1n) is 12.2. The SMILES string of the molecule is CS(=O)(=O)c1cc(N2CCN(CC3CCC(C(F)(F)F)CC3)[C@@H](c3ccccc3)C2)ccc1C(N)=O. The number of alkyl halides is 3. The van der Waals surface area contributed by atoms with E-state index in [0.717, 1.165) is 18.4 Å². The van der Waals surface area contributed by atoms with Crippen LogP contribution in [0.1, 0.15) is 47.6 Å². The van der Waals surface area contributed by atoms with E-state index in [1.807, 2.05) is 30.3 Å². The molecule has 10 heteroatoms. The molecule has 2 aromatic rings. The fraction of sp³-hybridized carbons (Fsp3) is 0.500. The van der Waals surface area contributed by atoms with Crippen LogP contribution in [0.4, 0.5) is 18.9 Å². The zero-order valence-corrected chi connectivity index (χ0v) is 21.1. The molecule has 1 saturated carbocycles. The molecule has 0 unspecified atom stereocenters. The molecule has 2 aliphatic rings. The molecule has 1 aliphatic heterocycles. The van der Waals surface area contributed by atoms with Crippen molar-refractivity contribution in [1.29, 1.82) is 0 Å². The monoisotopic (exact) mass is 523 g/mol. The normalized spacial score (nSPS) is 24.0. The zero-order valence-electron chi connectivity index (χ0n) is 20.2. The van der Waals surface area contributed by atoms with Crippen molar-refractivity contribution >= 4 is 21.4 Å². The second-order valence-corrected chi connectivity index (χ2v) is 11.9. The lowest BCUT2D eigenvalue weighted by Crippen LogP contribution is -2.50. The molecule has 0 spiro atoms. The standard InChI is InChI=1S/C26H32F3N3O3S/c1-36(34,35)24-15-21(11-12-22(24)25(30)33)31-13-14-32(23(17-31)19-5-3-2-4-6-19)16-18-7-9-20(10-8-18)26(27,28)29/h2-6,11-12,15,18,20,23H,7-10,13-14,16-17H2,1H3,(H2,30,33)/t18?,20?,23-/m1/s1. The third kappa shape index (κ3) is 6.03. The van der Waals surface area contributed by atoms with Crippen molar-refractivity contribution in [3.05, 3.63) is 59.7 Å². The Morgan fingerprint density at radius 3 is 2.28 bits per heavy atom. The van der Waals surface area contributed by atoms with Gasteiger partial charge in [0.25, 0.3) is 0 Å². The molecule has 2 N–H and O–H groups in total. The third-order valence-corrected chi connectivity index (χ3v) is 8.61. The van der Waals surface area contributed by atoms with Crippen LogP contribution in [0.3, 0.4) is 0 Å². The van der Waals surface area contributed by atoms with Gasteiger partial charge in [-0.2, -0.15) is 13.2 Å². The summed E-state index contributed by atoms with van der Waals surface area (Å²) in [4.78, 5) is 16.1. The van der Waals surface area contributed by atoms with Crippen LogP contribution in [0.15, 0.2) is 53.4 Å². The Balaban J connectivity index is 1.54. The molecule has 1 amide bonds. The minimum Gasteiger partial charge on any atom is -0.368 e. The summed E-state index contributed by atoms with van der Waals surface area (Å²) in [6, 6.07) is 14.6. The number of anilines is 1. The van der Waals surface area contributed by atoms with Gasteiger partial charge in [-0.15, -0.1) is 0 Å². The largest absolute Gasteiger partial charge is 0.391 e. The molecular weight excluding hydrogens is 491 g/mol. The number of amides is 1. The van der Waals surface area contributed by atoms with Crippen LogP contribution in [-0.2, 0) is 9.84 Å². The van der Waals surface area contributed by atoms with Crippen molar-refractivity contribution in [2.24, 2.45) is 17.6 Å². The van der Waals surface area contributed by atoms with Crippen molar-refractivity contribution in [3.63, 3.8) is 0 Å². The summed E-state index contributed by atoms with van der Waals surface area (Å²) in [6.45, 7) is 2.62. The number of carbonyl (C=O) groups excluding carboxylic acids is 1. The molecule has 4 rings (SSSR count). The number of nitrogens with two attached hydrogens (primary N) is 1. The summed E-state index contributed by atoms with van der Waals surface area (Å²) in [5.41, 5.74) is 7.14. The first-order chi connectivity index (χ1) is 16.9. The van der Waals surface area contributed by atoms with Gasteiger partial charge in [0.2, 0.25) is 5.91 Å². The molecule has 1 heterocycles. The molecule has 0 bridgehead atoms. The van der Waals surface area contributed by atoms with Crippen LogP contribution in [0.5, 0.6) is 0 Å².